The van der Waals surface area contributed by atoms with E-state index in [1.807, 2.05) is 60.7 Å². The second kappa shape index (κ2) is 6.71. The number of aryl methyl sites for hydroxylation is 1. The van der Waals surface area contributed by atoms with Crippen LogP contribution in [0.2, 0.25) is 0 Å². The fourth-order valence-corrected chi connectivity index (χ4v) is 1.85. The Morgan fingerprint density at radius 3 is 2.21 bits per heavy atom. The van der Waals surface area contributed by atoms with Crippen LogP contribution in [-0.2, 0) is 11.2 Å². The molecule has 3 heteroatoms. The van der Waals surface area contributed by atoms with E-state index in [0.29, 0.717) is 6.42 Å². The summed E-state index contributed by atoms with van der Waals surface area (Å²) in [7, 11) is 0. The molecule has 0 heterocycles. The van der Waals surface area contributed by atoms with Gasteiger partial charge in [0.15, 0.2) is 0 Å². The molecule has 0 aliphatic heterocycles. The summed E-state index contributed by atoms with van der Waals surface area (Å²) in [6.45, 7) is 0. The Morgan fingerprint density at radius 1 is 1.00 bits per heavy atom. The highest BCUT2D eigenvalue weighted by Gasteiger charge is 2.13. The van der Waals surface area contributed by atoms with Gasteiger partial charge in [-0.25, -0.2) is 0 Å². The molecule has 0 saturated carbocycles. The number of hydrogen-bond acceptors (Lipinski definition) is 2. The van der Waals surface area contributed by atoms with Crippen LogP contribution >= 0.6 is 0 Å². The number of carbonyl (C=O) groups excluding carboxylic acids is 1. The first-order valence-electron chi connectivity index (χ1n) is 6.41. The molecule has 0 bridgehead atoms. The van der Waals surface area contributed by atoms with Crippen LogP contribution in [0.4, 0.5) is 5.69 Å². The Hall–Kier alpha value is -2.13. The minimum absolute atomic E-state index is 0.137. The minimum atomic E-state index is -0.486. The Kier molecular flexibility index (Phi) is 4.70. The summed E-state index contributed by atoms with van der Waals surface area (Å²) < 4.78 is 0. The number of para-hydroxylation sites is 1. The standard InChI is InChI=1S/C16H18N2O/c17-15(12-11-13-7-3-1-4-8-13)16(19)18-14-9-5-2-6-10-14/h1-10,15H,11-12,17H2,(H,18,19). The summed E-state index contributed by atoms with van der Waals surface area (Å²) in [6.07, 6.45) is 1.45. The van der Waals surface area contributed by atoms with Gasteiger partial charge in [-0.1, -0.05) is 48.5 Å². The predicted octanol–water partition coefficient (Wildman–Crippen LogP) is 2.59. The number of carbonyl (C=O) groups is 1. The van der Waals surface area contributed by atoms with Gasteiger partial charge in [-0.15, -0.1) is 0 Å². The highest BCUT2D eigenvalue weighted by Crippen LogP contribution is 2.08. The average Bonchev–Trinajstić information content (AvgIpc) is 2.47. The quantitative estimate of drug-likeness (QED) is 0.861. The lowest BCUT2D eigenvalue weighted by Crippen LogP contribution is -2.35. The first-order chi connectivity index (χ1) is 9.25. The Morgan fingerprint density at radius 2 is 1.58 bits per heavy atom. The van der Waals surface area contributed by atoms with Crippen molar-refractivity contribution in [2.75, 3.05) is 5.32 Å². The van der Waals surface area contributed by atoms with E-state index in [0.717, 1.165) is 12.1 Å². The average molecular weight is 254 g/mol. The van der Waals surface area contributed by atoms with E-state index in [-0.39, 0.29) is 5.91 Å². The van der Waals surface area contributed by atoms with Gasteiger partial charge < -0.3 is 11.1 Å². The predicted molar refractivity (Wildman–Crippen MR) is 77.8 cm³/mol. The van der Waals surface area contributed by atoms with Crippen LogP contribution in [0.5, 0.6) is 0 Å². The van der Waals surface area contributed by atoms with Gasteiger partial charge in [0, 0.05) is 5.69 Å². The van der Waals surface area contributed by atoms with E-state index in [4.69, 9.17) is 5.73 Å². The van der Waals surface area contributed by atoms with Crippen molar-refractivity contribution >= 4 is 11.6 Å². The van der Waals surface area contributed by atoms with Crippen LogP contribution in [0.25, 0.3) is 0 Å². The Labute approximate surface area is 113 Å². The Balaban J connectivity index is 1.83. The molecule has 3 N–H and O–H groups in total. The molecule has 2 aromatic carbocycles. The number of anilines is 1. The summed E-state index contributed by atoms with van der Waals surface area (Å²) >= 11 is 0. The highest BCUT2D eigenvalue weighted by atomic mass is 16.2. The van der Waals surface area contributed by atoms with Crippen LogP contribution < -0.4 is 11.1 Å². The number of rotatable bonds is 5. The van der Waals surface area contributed by atoms with Gasteiger partial charge in [-0.05, 0) is 30.5 Å². The molecule has 0 saturated heterocycles. The third-order valence-corrected chi connectivity index (χ3v) is 2.96. The molecule has 19 heavy (non-hydrogen) atoms. The molecule has 0 aliphatic carbocycles. The normalized spacial score (nSPS) is 11.8. The molecule has 0 aliphatic rings. The zero-order chi connectivity index (χ0) is 13.5. The van der Waals surface area contributed by atoms with Crippen molar-refractivity contribution in [3.63, 3.8) is 0 Å². The molecule has 98 valence electrons. The SMILES string of the molecule is NC(CCc1ccccc1)C(=O)Nc1ccccc1. The second-order valence-corrected chi connectivity index (χ2v) is 4.49. The lowest BCUT2D eigenvalue weighted by Gasteiger charge is -2.12. The van der Waals surface area contributed by atoms with E-state index >= 15 is 0 Å². The van der Waals surface area contributed by atoms with Gasteiger partial charge in [-0.3, -0.25) is 4.79 Å². The maximum Gasteiger partial charge on any atom is 0.241 e. The molecule has 0 spiro atoms. The fourth-order valence-electron chi connectivity index (χ4n) is 1.85. The van der Waals surface area contributed by atoms with Crippen molar-refractivity contribution in [1.29, 1.82) is 0 Å². The second-order valence-electron chi connectivity index (χ2n) is 4.49. The van der Waals surface area contributed by atoms with E-state index in [1.165, 1.54) is 5.56 Å². The smallest absolute Gasteiger partial charge is 0.241 e. The number of nitrogens with two attached hydrogens (primary N) is 1. The van der Waals surface area contributed by atoms with Crippen molar-refractivity contribution in [3.05, 3.63) is 66.2 Å². The van der Waals surface area contributed by atoms with E-state index in [1.54, 1.807) is 0 Å². The maximum atomic E-state index is 11.9. The molecule has 0 aromatic heterocycles. The third-order valence-electron chi connectivity index (χ3n) is 2.96. The fraction of sp³-hybridized carbons (Fsp3) is 0.188. The number of amides is 1. The molecule has 1 atom stereocenters. The third kappa shape index (κ3) is 4.23. The van der Waals surface area contributed by atoms with Crippen molar-refractivity contribution < 1.29 is 4.79 Å². The lowest BCUT2D eigenvalue weighted by molar-refractivity contribution is -0.117. The summed E-state index contributed by atoms with van der Waals surface area (Å²) in [5.74, 6) is -0.137. The first-order valence-corrected chi connectivity index (χ1v) is 6.41. The highest BCUT2D eigenvalue weighted by molar-refractivity contribution is 5.94. The molecule has 3 nitrogen and oxygen atoms in total. The first kappa shape index (κ1) is 13.3. The number of hydrogen-bond donors (Lipinski definition) is 2. The zero-order valence-electron chi connectivity index (χ0n) is 10.8. The van der Waals surface area contributed by atoms with Crippen LogP contribution in [0.3, 0.4) is 0 Å². The van der Waals surface area contributed by atoms with Crippen molar-refractivity contribution in [3.8, 4) is 0 Å². The molecule has 1 amide bonds. The minimum Gasteiger partial charge on any atom is -0.325 e. The summed E-state index contributed by atoms with van der Waals surface area (Å²) in [5, 5.41) is 2.81. The van der Waals surface area contributed by atoms with E-state index in [2.05, 4.69) is 5.32 Å². The molecular formula is C16H18N2O. The topological polar surface area (TPSA) is 55.1 Å². The van der Waals surface area contributed by atoms with Gasteiger partial charge in [0.1, 0.15) is 0 Å². The summed E-state index contributed by atoms with van der Waals surface area (Å²) in [5.41, 5.74) is 7.88. The number of nitrogens with one attached hydrogen (secondary N) is 1. The van der Waals surface area contributed by atoms with Gasteiger partial charge >= 0.3 is 0 Å². The van der Waals surface area contributed by atoms with Crippen LogP contribution in [0.1, 0.15) is 12.0 Å². The molecular weight excluding hydrogens is 236 g/mol. The van der Waals surface area contributed by atoms with E-state index < -0.39 is 6.04 Å². The molecule has 2 rings (SSSR count). The number of benzene rings is 2. The monoisotopic (exact) mass is 254 g/mol. The summed E-state index contributed by atoms with van der Waals surface area (Å²) in [4.78, 5) is 11.9. The molecule has 0 radical (unpaired) electrons. The van der Waals surface area contributed by atoms with E-state index in [9.17, 15) is 4.79 Å². The molecule has 1 unspecified atom stereocenters. The van der Waals surface area contributed by atoms with Gasteiger partial charge in [0.2, 0.25) is 5.91 Å². The molecule has 2 aromatic rings. The van der Waals surface area contributed by atoms with Crippen LogP contribution in [0.15, 0.2) is 60.7 Å². The van der Waals surface area contributed by atoms with Gasteiger partial charge in [0.25, 0.3) is 0 Å². The zero-order valence-corrected chi connectivity index (χ0v) is 10.8. The van der Waals surface area contributed by atoms with Crippen molar-refractivity contribution in [1.82, 2.24) is 0 Å². The van der Waals surface area contributed by atoms with Crippen LogP contribution in [-0.4, -0.2) is 11.9 Å². The van der Waals surface area contributed by atoms with Crippen molar-refractivity contribution in [2.24, 2.45) is 5.73 Å². The van der Waals surface area contributed by atoms with Crippen molar-refractivity contribution in [2.45, 2.75) is 18.9 Å². The lowest BCUT2D eigenvalue weighted by atomic mass is 10.1. The summed E-state index contributed by atoms with van der Waals surface area (Å²) in [6, 6.07) is 18.9. The maximum absolute atomic E-state index is 11.9. The van der Waals surface area contributed by atoms with Gasteiger partial charge in [0.05, 0.1) is 6.04 Å². The largest absolute Gasteiger partial charge is 0.325 e. The van der Waals surface area contributed by atoms with Gasteiger partial charge in [-0.2, -0.15) is 0 Å². The van der Waals surface area contributed by atoms with Crippen LogP contribution in [0, 0.1) is 0 Å². The molecule has 0 fully saturated rings. The Bertz CT molecular complexity index is 511.